The highest BCUT2D eigenvalue weighted by Crippen LogP contribution is 2.10. The van der Waals surface area contributed by atoms with Crippen molar-refractivity contribution in [1.82, 2.24) is 14.9 Å². The normalized spacial score (nSPS) is 12.3. The lowest BCUT2D eigenvalue weighted by molar-refractivity contribution is -0.122. The summed E-state index contributed by atoms with van der Waals surface area (Å²) in [6, 6.07) is -0.485. The predicted octanol–water partition coefficient (Wildman–Crippen LogP) is -0.550. The van der Waals surface area contributed by atoms with Crippen molar-refractivity contribution in [3.8, 4) is 0 Å². The molecular formula is C10H19N5O. The Morgan fingerprint density at radius 1 is 1.69 bits per heavy atom. The number of rotatable bonds is 4. The monoisotopic (exact) mass is 225 g/mol. The molecule has 1 rings (SSSR count). The van der Waals surface area contributed by atoms with Gasteiger partial charge in [0.05, 0.1) is 24.5 Å². The first-order valence-corrected chi connectivity index (χ1v) is 5.14. The molecule has 0 saturated heterocycles. The molecule has 6 nitrogen and oxygen atoms in total. The lowest BCUT2D eigenvalue weighted by Crippen LogP contribution is -2.38. The molecule has 0 bridgehead atoms. The van der Waals surface area contributed by atoms with Gasteiger partial charge in [0.15, 0.2) is 0 Å². The number of imidazole rings is 1. The third-order valence-electron chi connectivity index (χ3n) is 2.32. The Morgan fingerprint density at radius 2 is 2.31 bits per heavy atom. The summed E-state index contributed by atoms with van der Waals surface area (Å²) in [5, 5.41) is 2.75. The Hall–Kier alpha value is -1.56. The molecule has 90 valence electrons. The van der Waals surface area contributed by atoms with E-state index in [0.717, 1.165) is 11.6 Å². The van der Waals surface area contributed by atoms with Crippen LogP contribution in [0.4, 0.5) is 5.95 Å². The van der Waals surface area contributed by atoms with Crippen LogP contribution >= 0.6 is 0 Å². The molecule has 0 aliphatic heterocycles. The van der Waals surface area contributed by atoms with Gasteiger partial charge in [-0.1, -0.05) is 0 Å². The molecular weight excluding hydrogens is 206 g/mol. The van der Waals surface area contributed by atoms with E-state index in [2.05, 4.69) is 10.3 Å². The molecule has 1 aromatic heterocycles. The molecule has 3 N–H and O–H groups in total. The number of carbonyl (C=O) groups is 1. The molecule has 1 atom stereocenters. The maximum absolute atomic E-state index is 11.3. The lowest BCUT2D eigenvalue weighted by Gasteiger charge is -2.13. The highest BCUT2D eigenvalue weighted by Gasteiger charge is 2.10. The van der Waals surface area contributed by atoms with Crippen LogP contribution < -0.4 is 16.0 Å². The van der Waals surface area contributed by atoms with E-state index in [9.17, 15) is 4.79 Å². The summed E-state index contributed by atoms with van der Waals surface area (Å²) in [6.07, 6.45) is 1.75. The van der Waals surface area contributed by atoms with Crippen LogP contribution in [0.3, 0.4) is 0 Å². The van der Waals surface area contributed by atoms with Gasteiger partial charge >= 0.3 is 0 Å². The third kappa shape index (κ3) is 2.73. The van der Waals surface area contributed by atoms with Crippen LogP contribution in [0.2, 0.25) is 0 Å². The number of nitrogens with two attached hydrogens (primary N) is 1. The quantitative estimate of drug-likeness (QED) is 0.721. The summed E-state index contributed by atoms with van der Waals surface area (Å²) >= 11 is 0. The van der Waals surface area contributed by atoms with Crippen molar-refractivity contribution < 1.29 is 4.79 Å². The van der Waals surface area contributed by atoms with E-state index in [1.807, 2.05) is 30.6 Å². The number of carbonyl (C=O) groups excluding carboxylic acids is 1. The van der Waals surface area contributed by atoms with Crippen LogP contribution in [0, 0.1) is 0 Å². The van der Waals surface area contributed by atoms with Gasteiger partial charge in [0.2, 0.25) is 11.9 Å². The van der Waals surface area contributed by atoms with E-state index in [-0.39, 0.29) is 5.91 Å². The zero-order valence-electron chi connectivity index (χ0n) is 10.2. The molecule has 0 aliphatic carbocycles. The molecule has 1 amide bonds. The van der Waals surface area contributed by atoms with Crippen molar-refractivity contribution in [1.29, 1.82) is 0 Å². The molecule has 0 saturated carbocycles. The third-order valence-corrected chi connectivity index (χ3v) is 2.32. The lowest BCUT2D eigenvalue weighted by atomic mass is 10.3. The second-order valence-corrected chi connectivity index (χ2v) is 4.01. The molecule has 0 aliphatic rings. The van der Waals surface area contributed by atoms with Crippen molar-refractivity contribution in [2.75, 3.05) is 19.0 Å². The Kier molecular flexibility index (Phi) is 3.89. The standard InChI is InChI=1S/C10H19N5O/c1-7(11)9(16)12-5-8-6-13-10(14(2)3)15(8)4/h6-7H,5,11H2,1-4H3,(H,12,16)/t7-/m1/s1. The Bertz CT molecular complexity index is 369. The first kappa shape index (κ1) is 12.5. The number of aromatic nitrogens is 2. The van der Waals surface area contributed by atoms with Gasteiger partial charge in [-0.15, -0.1) is 0 Å². The van der Waals surface area contributed by atoms with Gasteiger partial charge in [-0.25, -0.2) is 4.98 Å². The SMILES string of the molecule is C[C@@H](N)C(=O)NCc1cnc(N(C)C)n1C. The van der Waals surface area contributed by atoms with E-state index in [1.54, 1.807) is 13.1 Å². The second-order valence-electron chi connectivity index (χ2n) is 4.01. The van der Waals surface area contributed by atoms with Gasteiger partial charge < -0.3 is 20.5 Å². The largest absolute Gasteiger partial charge is 0.349 e. The number of amides is 1. The first-order chi connectivity index (χ1) is 7.43. The summed E-state index contributed by atoms with van der Waals surface area (Å²) in [6.45, 7) is 2.10. The smallest absolute Gasteiger partial charge is 0.236 e. The summed E-state index contributed by atoms with van der Waals surface area (Å²) in [7, 11) is 5.76. The van der Waals surface area contributed by atoms with Crippen LogP contribution in [0.25, 0.3) is 0 Å². The summed E-state index contributed by atoms with van der Waals surface area (Å²) in [4.78, 5) is 17.4. The van der Waals surface area contributed by atoms with Crippen LogP contribution in [0.15, 0.2) is 6.20 Å². The molecule has 0 fully saturated rings. The maximum Gasteiger partial charge on any atom is 0.236 e. The Morgan fingerprint density at radius 3 is 2.75 bits per heavy atom. The fourth-order valence-corrected chi connectivity index (χ4v) is 1.35. The molecule has 6 heteroatoms. The maximum atomic E-state index is 11.3. The number of nitrogens with zero attached hydrogens (tertiary/aromatic N) is 3. The van der Waals surface area contributed by atoms with Crippen LogP contribution in [0.1, 0.15) is 12.6 Å². The van der Waals surface area contributed by atoms with Gasteiger partial charge in [0.1, 0.15) is 0 Å². The molecule has 1 aromatic rings. The van der Waals surface area contributed by atoms with Crippen molar-refractivity contribution in [3.05, 3.63) is 11.9 Å². The summed E-state index contributed by atoms with van der Waals surface area (Å²) in [5.41, 5.74) is 6.39. The van der Waals surface area contributed by atoms with Gasteiger partial charge in [-0.05, 0) is 6.92 Å². The molecule has 0 spiro atoms. The van der Waals surface area contributed by atoms with E-state index in [0.29, 0.717) is 6.54 Å². The van der Waals surface area contributed by atoms with Crippen molar-refractivity contribution in [2.45, 2.75) is 19.5 Å². The zero-order valence-corrected chi connectivity index (χ0v) is 10.2. The van der Waals surface area contributed by atoms with Crippen LogP contribution in [0.5, 0.6) is 0 Å². The molecule has 16 heavy (non-hydrogen) atoms. The first-order valence-electron chi connectivity index (χ1n) is 5.14. The molecule has 1 heterocycles. The van der Waals surface area contributed by atoms with Crippen molar-refractivity contribution in [2.24, 2.45) is 12.8 Å². The van der Waals surface area contributed by atoms with Gasteiger partial charge in [-0.2, -0.15) is 0 Å². The predicted molar refractivity (Wildman–Crippen MR) is 63.0 cm³/mol. The highest BCUT2D eigenvalue weighted by atomic mass is 16.2. The average Bonchev–Trinajstić information content (AvgIpc) is 2.56. The zero-order chi connectivity index (χ0) is 12.3. The topological polar surface area (TPSA) is 76.2 Å². The van der Waals surface area contributed by atoms with Crippen molar-refractivity contribution >= 4 is 11.9 Å². The molecule has 0 unspecified atom stereocenters. The second kappa shape index (κ2) is 4.98. The number of anilines is 1. The van der Waals surface area contributed by atoms with Crippen LogP contribution in [-0.2, 0) is 18.4 Å². The summed E-state index contributed by atoms with van der Waals surface area (Å²) < 4.78 is 1.93. The van der Waals surface area contributed by atoms with Gasteiger partial charge in [0.25, 0.3) is 0 Å². The van der Waals surface area contributed by atoms with E-state index < -0.39 is 6.04 Å². The molecule has 0 aromatic carbocycles. The minimum atomic E-state index is -0.485. The van der Waals surface area contributed by atoms with Gasteiger partial charge in [-0.3, -0.25) is 4.79 Å². The highest BCUT2D eigenvalue weighted by molar-refractivity contribution is 5.80. The number of hydrogen-bond donors (Lipinski definition) is 2. The van der Waals surface area contributed by atoms with Crippen LogP contribution in [-0.4, -0.2) is 35.6 Å². The average molecular weight is 225 g/mol. The minimum Gasteiger partial charge on any atom is -0.349 e. The van der Waals surface area contributed by atoms with Gasteiger partial charge in [0, 0.05) is 21.1 Å². The number of hydrogen-bond acceptors (Lipinski definition) is 4. The number of nitrogens with one attached hydrogen (secondary N) is 1. The fourth-order valence-electron chi connectivity index (χ4n) is 1.35. The van der Waals surface area contributed by atoms with E-state index in [4.69, 9.17) is 5.73 Å². The Labute approximate surface area is 95.4 Å². The summed E-state index contributed by atoms with van der Waals surface area (Å²) in [5.74, 6) is 0.692. The van der Waals surface area contributed by atoms with Crippen molar-refractivity contribution in [3.63, 3.8) is 0 Å². The van der Waals surface area contributed by atoms with E-state index >= 15 is 0 Å². The molecule has 0 radical (unpaired) electrons. The fraction of sp³-hybridized carbons (Fsp3) is 0.600. The Balaban J connectivity index is 2.65. The minimum absolute atomic E-state index is 0.160. The van der Waals surface area contributed by atoms with E-state index in [1.165, 1.54) is 0 Å².